The normalized spacial score (nSPS) is 15.6. The van der Waals surface area contributed by atoms with Crippen molar-refractivity contribution in [3.05, 3.63) is 29.3 Å². The van der Waals surface area contributed by atoms with Gasteiger partial charge < -0.3 is 19.7 Å². The number of ether oxygens (including phenoxy) is 2. The predicted octanol–water partition coefficient (Wildman–Crippen LogP) is 3.30. The van der Waals surface area contributed by atoms with Crippen LogP contribution in [0.4, 0.5) is 0 Å². The topological polar surface area (TPSA) is 91.7 Å². The number of carbonyl (C=O) groups excluding carboxylic acids is 2. The Morgan fingerprint density at radius 1 is 1.27 bits per heavy atom. The summed E-state index contributed by atoms with van der Waals surface area (Å²) in [5.41, 5.74) is 0.695. The van der Waals surface area contributed by atoms with Gasteiger partial charge in [0.15, 0.2) is 17.6 Å². The number of rotatable bonds is 8. The minimum atomic E-state index is -0.670. The van der Waals surface area contributed by atoms with Crippen molar-refractivity contribution in [1.29, 1.82) is 5.26 Å². The standard InChI is InChI=1S/C23H31N3O4/c1-5-29-21-14-17(11-12-20(21)30-16(2)23(28)26(3)4)13-18(15-24)22(27)25-19-9-7-6-8-10-19/h11-14,16,19H,5-10H2,1-4H3,(H,25,27)/b18-13-. The number of benzene rings is 1. The summed E-state index contributed by atoms with van der Waals surface area (Å²) in [6.07, 6.45) is 6.18. The number of nitriles is 1. The lowest BCUT2D eigenvalue weighted by Gasteiger charge is -2.22. The molecular formula is C23H31N3O4. The predicted molar refractivity (Wildman–Crippen MR) is 115 cm³/mol. The Morgan fingerprint density at radius 2 is 1.97 bits per heavy atom. The second-order valence-electron chi connectivity index (χ2n) is 7.61. The van der Waals surface area contributed by atoms with Crippen molar-refractivity contribution in [2.45, 2.75) is 58.1 Å². The van der Waals surface area contributed by atoms with Gasteiger partial charge in [-0.25, -0.2) is 0 Å². The summed E-state index contributed by atoms with van der Waals surface area (Å²) in [7, 11) is 3.34. The van der Waals surface area contributed by atoms with Crippen LogP contribution in [0.25, 0.3) is 6.08 Å². The van der Waals surface area contributed by atoms with E-state index >= 15 is 0 Å². The first-order chi connectivity index (χ1) is 14.3. The smallest absolute Gasteiger partial charge is 0.262 e. The number of likely N-dealkylation sites (N-methyl/N-ethyl adjacent to an activating group) is 1. The summed E-state index contributed by atoms with van der Waals surface area (Å²) in [5, 5.41) is 12.4. The molecule has 1 unspecified atom stereocenters. The highest BCUT2D eigenvalue weighted by atomic mass is 16.5. The Bertz CT molecular complexity index is 820. The summed E-state index contributed by atoms with van der Waals surface area (Å²) in [4.78, 5) is 26.0. The van der Waals surface area contributed by atoms with Crippen LogP contribution in [0.5, 0.6) is 11.5 Å². The molecule has 0 spiro atoms. The third-order valence-electron chi connectivity index (χ3n) is 4.98. The summed E-state index contributed by atoms with van der Waals surface area (Å²) >= 11 is 0. The van der Waals surface area contributed by atoms with Crippen molar-refractivity contribution in [3.63, 3.8) is 0 Å². The van der Waals surface area contributed by atoms with Gasteiger partial charge in [-0.05, 0) is 50.5 Å². The van der Waals surface area contributed by atoms with Crippen LogP contribution in [0, 0.1) is 11.3 Å². The summed E-state index contributed by atoms with van der Waals surface area (Å²) in [5.74, 6) is 0.372. The fraction of sp³-hybridized carbons (Fsp3) is 0.522. The first-order valence-corrected chi connectivity index (χ1v) is 10.4. The van der Waals surface area contributed by atoms with Crippen molar-refractivity contribution < 1.29 is 19.1 Å². The fourth-order valence-electron chi connectivity index (χ4n) is 3.41. The molecule has 1 aliphatic rings. The van der Waals surface area contributed by atoms with Gasteiger partial charge in [0.2, 0.25) is 0 Å². The summed E-state index contributed by atoms with van der Waals surface area (Å²) in [6, 6.07) is 7.25. The molecule has 1 aromatic rings. The van der Waals surface area contributed by atoms with Crippen molar-refractivity contribution in [2.24, 2.45) is 0 Å². The second kappa shape index (κ2) is 11.2. The van der Waals surface area contributed by atoms with E-state index < -0.39 is 6.10 Å². The number of amides is 2. The van der Waals surface area contributed by atoms with Gasteiger partial charge in [-0.1, -0.05) is 25.3 Å². The van der Waals surface area contributed by atoms with Gasteiger partial charge in [-0.3, -0.25) is 9.59 Å². The van der Waals surface area contributed by atoms with Gasteiger partial charge in [-0.2, -0.15) is 5.26 Å². The van der Waals surface area contributed by atoms with E-state index in [0.717, 1.165) is 25.7 Å². The maximum absolute atomic E-state index is 12.5. The quantitative estimate of drug-likeness (QED) is 0.522. The molecule has 1 fully saturated rings. The summed E-state index contributed by atoms with van der Waals surface area (Å²) in [6.45, 7) is 3.93. The van der Waals surface area contributed by atoms with Crippen LogP contribution in [-0.4, -0.2) is 49.6 Å². The lowest BCUT2D eigenvalue weighted by Crippen LogP contribution is -2.36. The van der Waals surface area contributed by atoms with Crippen LogP contribution < -0.4 is 14.8 Å². The van der Waals surface area contributed by atoms with Gasteiger partial charge in [0.25, 0.3) is 11.8 Å². The SMILES string of the molecule is CCOc1cc(/C=C(/C#N)C(=O)NC2CCCCC2)ccc1OC(C)C(=O)N(C)C. The Morgan fingerprint density at radius 3 is 2.57 bits per heavy atom. The van der Waals surface area contributed by atoms with Crippen molar-refractivity contribution in [1.82, 2.24) is 10.2 Å². The van der Waals surface area contributed by atoms with Crippen LogP contribution in [0.3, 0.4) is 0 Å². The van der Waals surface area contributed by atoms with Gasteiger partial charge in [-0.15, -0.1) is 0 Å². The molecule has 0 aromatic heterocycles. The molecule has 0 aliphatic heterocycles. The van der Waals surface area contributed by atoms with Crippen LogP contribution in [0.15, 0.2) is 23.8 Å². The second-order valence-corrected chi connectivity index (χ2v) is 7.61. The lowest BCUT2D eigenvalue weighted by atomic mass is 9.95. The van der Waals surface area contributed by atoms with E-state index in [1.165, 1.54) is 11.3 Å². The van der Waals surface area contributed by atoms with E-state index in [1.807, 2.05) is 13.0 Å². The lowest BCUT2D eigenvalue weighted by molar-refractivity contribution is -0.135. The number of carbonyl (C=O) groups is 2. The highest BCUT2D eigenvalue weighted by Crippen LogP contribution is 2.30. The van der Waals surface area contributed by atoms with E-state index in [0.29, 0.717) is 23.7 Å². The van der Waals surface area contributed by atoms with E-state index in [2.05, 4.69) is 5.32 Å². The first-order valence-electron chi connectivity index (χ1n) is 10.4. The van der Waals surface area contributed by atoms with E-state index in [9.17, 15) is 14.9 Å². The monoisotopic (exact) mass is 413 g/mol. The Hall–Kier alpha value is -3.01. The number of nitrogens with one attached hydrogen (secondary N) is 1. The zero-order valence-electron chi connectivity index (χ0n) is 18.2. The molecule has 2 rings (SSSR count). The van der Waals surface area contributed by atoms with Gasteiger partial charge in [0.1, 0.15) is 11.6 Å². The van der Waals surface area contributed by atoms with Crippen LogP contribution in [-0.2, 0) is 9.59 Å². The van der Waals surface area contributed by atoms with Crippen LogP contribution in [0.1, 0.15) is 51.5 Å². The van der Waals surface area contributed by atoms with E-state index in [-0.39, 0.29) is 23.4 Å². The van der Waals surface area contributed by atoms with Crippen molar-refractivity contribution in [2.75, 3.05) is 20.7 Å². The van der Waals surface area contributed by atoms with E-state index in [1.54, 1.807) is 45.3 Å². The zero-order chi connectivity index (χ0) is 22.1. The molecule has 1 N–H and O–H groups in total. The molecule has 1 saturated carbocycles. The maximum Gasteiger partial charge on any atom is 0.262 e. The molecule has 7 heteroatoms. The van der Waals surface area contributed by atoms with Gasteiger partial charge in [0, 0.05) is 20.1 Å². The molecule has 2 amide bonds. The molecule has 0 bridgehead atoms. The molecule has 0 radical (unpaired) electrons. The molecule has 162 valence electrons. The van der Waals surface area contributed by atoms with E-state index in [4.69, 9.17) is 9.47 Å². The average molecular weight is 414 g/mol. The Kier molecular flexibility index (Phi) is 8.72. The maximum atomic E-state index is 12.5. The molecule has 1 aliphatic carbocycles. The third kappa shape index (κ3) is 6.51. The minimum Gasteiger partial charge on any atom is -0.490 e. The summed E-state index contributed by atoms with van der Waals surface area (Å²) < 4.78 is 11.4. The molecule has 30 heavy (non-hydrogen) atoms. The van der Waals surface area contributed by atoms with Crippen LogP contribution in [0.2, 0.25) is 0 Å². The van der Waals surface area contributed by atoms with Crippen molar-refractivity contribution in [3.8, 4) is 17.6 Å². The van der Waals surface area contributed by atoms with Gasteiger partial charge in [0.05, 0.1) is 6.61 Å². The molecule has 1 atom stereocenters. The zero-order valence-corrected chi connectivity index (χ0v) is 18.2. The molecule has 1 aromatic carbocycles. The third-order valence-corrected chi connectivity index (χ3v) is 4.98. The average Bonchev–Trinajstić information content (AvgIpc) is 2.73. The number of hydrogen-bond donors (Lipinski definition) is 1. The largest absolute Gasteiger partial charge is 0.490 e. The van der Waals surface area contributed by atoms with Crippen LogP contribution >= 0.6 is 0 Å². The number of hydrogen-bond acceptors (Lipinski definition) is 5. The van der Waals surface area contributed by atoms with Crippen molar-refractivity contribution >= 4 is 17.9 Å². The highest BCUT2D eigenvalue weighted by Gasteiger charge is 2.20. The minimum absolute atomic E-state index is 0.0489. The molecular weight excluding hydrogens is 382 g/mol. The molecule has 0 saturated heterocycles. The Labute approximate surface area is 178 Å². The fourth-order valence-corrected chi connectivity index (χ4v) is 3.41. The Balaban J connectivity index is 2.19. The molecule has 7 nitrogen and oxygen atoms in total. The highest BCUT2D eigenvalue weighted by molar-refractivity contribution is 6.01. The van der Waals surface area contributed by atoms with Gasteiger partial charge >= 0.3 is 0 Å². The molecule has 0 heterocycles. The number of nitrogens with zero attached hydrogens (tertiary/aromatic N) is 2. The first kappa shape index (κ1) is 23.3.